The summed E-state index contributed by atoms with van der Waals surface area (Å²) in [5.74, 6) is 0.0137. The minimum atomic E-state index is -0.304. The first-order chi connectivity index (χ1) is 12.6. The first-order valence-electron chi connectivity index (χ1n) is 8.47. The lowest BCUT2D eigenvalue weighted by Crippen LogP contribution is -2.22. The molecule has 136 valence electrons. The summed E-state index contributed by atoms with van der Waals surface area (Å²) in [5, 5.41) is 6.91. The molecular formula is C20H23N3O3. The normalized spacial score (nSPS) is 10.9. The monoisotopic (exact) mass is 353 g/mol. The van der Waals surface area contributed by atoms with Crippen molar-refractivity contribution in [2.45, 2.75) is 26.2 Å². The Bertz CT molecular complexity index is 773. The fourth-order valence-electron chi connectivity index (χ4n) is 2.35. The third kappa shape index (κ3) is 5.73. The Morgan fingerprint density at radius 2 is 1.62 bits per heavy atom. The van der Waals surface area contributed by atoms with Crippen LogP contribution in [-0.2, 0) is 9.59 Å². The van der Waals surface area contributed by atoms with E-state index in [1.54, 1.807) is 18.2 Å². The number of para-hydroxylation sites is 2. The molecule has 0 saturated heterocycles. The lowest BCUT2D eigenvalue weighted by atomic mass is 10.1. The summed E-state index contributed by atoms with van der Waals surface area (Å²) < 4.78 is 5.18. The largest absolute Gasteiger partial charge is 0.495 e. The number of ether oxygens (including phenoxy) is 1. The molecule has 2 aromatic carbocycles. The highest BCUT2D eigenvalue weighted by Gasteiger charge is 2.10. The molecule has 0 saturated carbocycles. The molecule has 0 heterocycles. The van der Waals surface area contributed by atoms with Crippen LogP contribution in [0.25, 0.3) is 0 Å². The van der Waals surface area contributed by atoms with Crippen molar-refractivity contribution in [1.29, 1.82) is 0 Å². The molecule has 2 rings (SSSR count). The third-order valence-corrected chi connectivity index (χ3v) is 3.72. The van der Waals surface area contributed by atoms with E-state index < -0.39 is 0 Å². The van der Waals surface area contributed by atoms with Crippen LogP contribution in [-0.4, -0.2) is 24.6 Å². The van der Waals surface area contributed by atoms with Crippen LogP contribution in [0.3, 0.4) is 0 Å². The number of carbonyl (C=O) groups is 2. The average molecular weight is 353 g/mol. The van der Waals surface area contributed by atoms with Gasteiger partial charge in [0.1, 0.15) is 5.75 Å². The SMILES string of the molecule is CCC(=NNC(=O)CCC(=O)Nc1ccccc1OC)c1ccccc1. The van der Waals surface area contributed by atoms with E-state index in [9.17, 15) is 9.59 Å². The van der Waals surface area contributed by atoms with E-state index in [4.69, 9.17) is 4.74 Å². The van der Waals surface area contributed by atoms with Gasteiger partial charge in [-0.1, -0.05) is 49.4 Å². The Morgan fingerprint density at radius 1 is 0.962 bits per heavy atom. The number of rotatable bonds is 8. The van der Waals surface area contributed by atoms with Crippen molar-refractivity contribution in [3.8, 4) is 5.75 Å². The van der Waals surface area contributed by atoms with Crippen LogP contribution in [0, 0.1) is 0 Å². The minimum absolute atomic E-state index is 0.0519. The average Bonchev–Trinajstić information content (AvgIpc) is 2.68. The number of nitrogens with one attached hydrogen (secondary N) is 2. The highest BCUT2D eigenvalue weighted by molar-refractivity contribution is 6.01. The van der Waals surface area contributed by atoms with Crippen molar-refractivity contribution < 1.29 is 14.3 Å². The van der Waals surface area contributed by atoms with Gasteiger partial charge in [-0.3, -0.25) is 9.59 Å². The summed E-state index contributed by atoms with van der Waals surface area (Å²) in [5.41, 5.74) is 4.85. The van der Waals surface area contributed by atoms with Gasteiger partial charge in [-0.05, 0) is 24.1 Å². The molecule has 6 heteroatoms. The zero-order valence-corrected chi connectivity index (χ0v) is 15.0. The van der Waals surface area contributed by atoms with Crippen molar-refractivity contribution in [3.05, 3.63) is 60.2 Å². The molecule has 0 aliphatic carbocycles. The van der Waals surface area contributed by atoms with Crippen LogP contribution in [0.1, 0.15) is 31.7 Å². The summed E-state index contributed by atoms with van der Waals surface area (Å²) in [6, 6.07) is 16.8. The Morgan fingerprint density at radius 3 is 2.31 bits per heavy atom. The van der Waals surface area contributed by atoms with Crippen molar-refractivity contribution in [2.24, 2.45) is 5.10 Å². The zero-order valence-electron chi connectivity index (χ0n) is 15.0. The van der Waals surface area contributed by atoms with Crippen LogP contribution in [0.15, 0.2) is 59.7 Å². The molecule has 0 atom stereocenters. The lowest BCUT2D eigenvalue weighted by molar-refractivity contribution is -0.124. The predicted octanol–water partition coefficient (Wildman–Crippen LogP) is 3.34. The molecule has 6 nitrogen and oxygen atoms in total. The topological polar surface area (TPSA) is 79.8 Å². The van der Waals surface area contributed by atoms with Crippen LogP contribution in [0.5, 0.6) is 5.75 Å². The molecule has 0 aliphatic rings. The maximum absolute atomic E-state index is 12.0. The number of hydrogen-bond donors (Lipinski definition) is 2. The smallest absolute Gasteiger partial charge is 0.240 e. The number of benzene rings is 2. The first-order valence-corrected chi connectivity index (χ1v) is 8.47. The Labute approximate surface area is 153 Å². The molecular weight excluding hydrogens is 330 g/mol. The number of anilines is 1. The summed E-state index contributed by atoms with van der Waals surface area (Å²) in [7, 11) is 1.54. The standard InChI is InChI=1S/C20H23N3O3/c1-3-16(15-9-5-4-6-10-15)22-23-20(25)14-13-19(24)21-17-11-7-8-12-18(17)26-2/h4-12H,3,13-14H2,1-2H3,(H,21,24)(H,23,25). The molecule has 2 N–H and O–H groups in total. The van der Waals surface area contributed by atoms with E-state index in [1.807, 2.05) is 43.3 Å². The van der Waals surface area contributed by atoms with Gasteiger partial charge in [-0.2, -0.15) is 5.10 Å². The van der Waals surface area contributed by atoms with Gasteiger partial charge in [-0.25, -0.2) is 5.43 Å². The highest BCUT2D eigenvalue weighted by atomic mass is 16.5. The zero-order chi connectivity index (χ0) is 18.8. The van der Waals surface area contributed by atoms with E-state index in [1.165, 1.54) is 7.11 Å². The molecule has 2 amide bonds. The number of hydrogen-bond acceptors (Lipinski definition) is 4. The Hall–Kier alpha value is -3.15. The van der Waals surface area contributed by atoms with Crippen molar-refractivity contribution in [1.82, 2.24) is 5.43 Å². The third-order valence-electron chi connectivity index (χ3n) is 3.72. The van der Waals surface area contributed by atoms with Crippen molar-refractivity contribution in [2.75, 3.05) is 12.4 Å². The maximum Gasteiger partial charge on any atom is 0.240 e. The fraction of sp³-hybridized carbons (Fsp3) is 0.250. The van der Waals surface area contributed by atoms with Crippen LogP contribution < -0.4 is 15.5 Å². The summed E-state index contributed by atoms with van der Waals surface area (Å²) >= 11 is 0. The highest BCUT2D eigenvalue weighted by Crippen LogP contribution is 2.23. The second kappa shape index (κ2) is 9.98. The van der Waals surface area contributed by atoms with Crippen LogP contribution in [0.2, 0.25) is 0 Å². The van der Waals surface area contributed by atoms with E-state index in [0.29, 0.717) is 17.9 Å². The fourth-order valence-corrected chi connectivity index (χ4v) is 2.35. The van der Waals surface area contributed by atoms with E-state index in [2.05, 4.69) is 15.8 Å². The van der Waals surface area contributed by atoms with E-state index in [-0.39, 0.29) is 24.7 Å². The van der Waals surface area contributed by atoms with Gasteiger partial charge in [0, 0.05) is 12.8 Å². The number of hydrazone groups is 1. The number of methoxy groups -OCH3 is 1. The molecule has 0 fully saturated rings. The molecule has 0 unspecified atom stereocenters. The van der Waals surface area contributed by atoms with E-state index >= 15 is 0 Å². The number of nitrogens with zero attached hydrogens (tertiary/aromatic N) is 1. The molecule has 0 bridgehead atoms. The lowest BCUT2D eigenvalue weighted by Gasteiger charge is -2.09. The van der Waals surface area contributed by atoms with Gasteiger partial charge < -0.3 is 10.1 Å². The predicted molar refractivity (Wildman–Crippen MR) is 102 cm³/mol. The van der Waals surface area contributed by atoms with Gasteiger partial charge in [0.15, 0.2) is 0 Å². The maximum atomic E-state index is 12.0. The first kappa shape index (κ1) is 19.2. The van der Waals surface area contributed by atoms with Gasteiger partial charge in [0.2, 0.25) is 11.8 Å². The van der Waals surface area contributed by atoms with Crippen LogP contribution >= 0.6 is 0 Å². The Balaban J connectivity index is 1.84. The van der Waals surface area contributed by atoms with E-state index in [0.717, 1.165) is 11.3 Å². The number of carbonyl (C=O) groups excluding carboxylic acids is 2. The Kier molecular flexibility index (Phi) is 7.36. The molecule has 0 aromatic heterocycles. The molecule has 0 spiro atoms. The summed E-state index contributed by atoms with van der Waals surface area (Å²) in [4.78, 5) is 24.0. The summed E-state index contributed by atoms with van der Waals surface area (Å²) in [6.07, 6.45) is 0.807. The molecule has 0 radical (unpaired) electrons. The second-order valence-corrected chi connectivity index (χ2v) is 5.56. The van der Waals surface area contributed by atoms with Crippen molar-refractivity contribution in [3.63, 3.8) is 0 Å². The minimum Gasteiger partial charge on any atom is -0.495 e. The van der Waals surface area contributed by atoms with Crippen LogP contribution in [0.4, 0.5) is 5.69 Å². The molecule has 2 aromatic rings. The van der Waals surface area contributed by atoms with Gasteiger partial charge >= 0.3 is 0 Å². The molecule has 0 aliphatic heterocycles. The van der Waals surface area contributed by atoms with Gasteiger partial charge in [0.25, 0.3) is 0 Å². The van der Waals surface area contributed by atoms with Crippen molar-refractivity contribution >= 4 is 23.2 Å². The molecule has 26 heavy (non-hydrogen) atoms. The summed E-state index contributed by atoms with van der Waals surface area (Å²) in [6.45, 7) is 1.97. The second-order valence-electron chi connectivity index (χ2n) is 5.56. The quantitative estimate of drug-likeness (QED) is 0.564. The van der Waals surface area contributed by atoms with Gasteiger partial charge in [0.05, 0.1) is 18.5 Å². The van der Waals surface area contributed by atoms with Gasteiger partial charge in [-0.15, -0.1) is 0 Å². The number of amides is 2.